The van der Waals surface area contributed by atoms with Crippen LogP contribution in [0.5, 0.6) is 0 Å². The fraction of sp³-hybridized carbons (Fsp3) is 0.920. The van der Waals surface area contributed by atoms with E-state index in [0.29, 0.717) is 35.5 Å². The Labute approximate surface area is 187 Å². The zero-order chi connectivity index (χ0) is 22.8. The number of ether oxygens (including phenoxy) is 2. The number of esters is 2. The normalized spacial score (nSPS) is 34.6. The fourth-order valence-electron chi connectivity index (χ4n) is 5.76. The molecule has 2 aliphatic carbocycles. The van der Waals surface area contributed by atoms with E-state index < -0.39 is 5.66 Å². The van der Waals surface area contributed by atoms with Gasteiger partial charge in [0, 0.05) is 0 Å². The highest BCUT2D eigenvalue weighted by Crippen LogP contribution is 2.41. The summed E-state index contributed by atoms with van der Waals surface area (Å²) in [6.07, 6.45) is 6.27. The van der Waals surface area contributed by atoms with E-state index in [0.717, 1.165) is 25.7 Å². The van der Waals surface area contributed by atoms with Crippen LogP contribution in [-0.2, 0) is 19.1 Å². The molecule has 0 aromatic rings. The lowest BCUT2D eigenvalue weighted by molar-refractivity contribution is -0.158. The minimum Gasteiger partial charge on any atom is -0.460 e. The molecule has 1 heterocycles. The predicted octanol–water partition coefficient (Wildman–Crippen LogP) is 5.65. The maximum absolute atomic E-state index is 12.9. The molecular weight excluding hydrogens is 392 g/mol. The molecule has 2 saturated carbocycles. The van der Waals surface area contributed by atoms with Crippen LogP contribution in [0.3, 0.4) is 0 Å². The van der Waals surface area contributed by atoms with Crippen molar-refractivity contribution in [1.29, 1.82) is 0 Å². The molecule has 6 heteroatoms. The van der Waals surface area contributed by atoms with Crippen molar-refractivity contribution in [3.05, 3.63) is 0 Å². The monoisotopic (exact) mass is 434 g/mol. The number of hydrogen-bond acceptors (Lipinski definition) is 6. The first-order valence-electron chi connectivity index (χ1n) is 12.4. The number of rotatable bonds is 8. The average Bonchev–Trinajstić information content (AvgIpc) is 3.50. The minimum absolute atomic E-state index is 0.0578. The van der Waals surface area contributed by atoms with E-state index in [1.165, 1.54) is 12.8 Å². The topological polar surface area (TPSA) is 77.3 Å². The lowest BCUT2D eigenvalue weighted by Gasteiger charge is -2.36. The second-order valence-corrected chi connectivity index (χ2v) is 11.3. The van der Waals surface area contributed by atoms with Gasteiger partial charge in [-0.15, -0.1) is 0 Å². The van der Waals surface area contributed by atoms with Crippen molar-refractivity contribution in [3.8, 4) is 0 Å². The Bertz CT molecular complexity index is 618. The van der Waals surface area contributed by atoms with Gasteiger partial charge >= 0.3 is 11.9 Å². The van der Waals surface area contributed by atoms with Gasteiger partial charge in [0.15, 0.2) is 0 Å². The first-order chi connectivity index (χ1) is 14.6. The van der Waals surface area contributed by atoms with Crippen molar-refractivity contribution < 1.29 is 19.1 Å². The van der Waals surface area contributed by atoms with Gasteiger partial charge in [-0.3, -0.25) is 9.59 Å². The lowest BCUT2D eigenvalue weighted by atomic mass is 9.70. The van der Waals surface area contributed by atoms with Gasteiger partial charge < -0.3 is 9.47 Å². The van der Waals surface area contributed by atoms with Crippen LogP contribution in [-0.4, -0.2) is 30.8 Å². The highest BCUT2D eigenvalue weighted by atomic mass is 16.6. The van der Waals surface area contributed by atoms with Crippen LogP contribution >= 0.6 is 0 Å². The molecule has 6 unspecified atom stereocenters. The first kappa shape index (κ1) is 24.2. The molecule has 0 radical (unpaired) electrons. The summed E-state index contributed by atoms with van der Waals surface area (Å²) in [6.45, 7) is 13.3. The van der Waals surface area contributed by atoms with Crippen LogP contribution in [0.2, 0.25) is 0 Å². The van der Waals surface area contributed by atoms with Crippen molar-refractivity contribution in [2.45, 2.75) is 85.7 Å². The molecule has 0 aromatic carbocycles. The number of nitrogens with zero attached hydrogens (tertiary/aromatic N) is 2. The van der Waals surface area contributed by atoms with Crippen LogP contribution < -0.4 is 0 Å². The van der Waals surface area contributed by atoms with Crippen molar-refractivity contribution in [3.63, 3.8) is 0 Å². The molecule has 0 amide bonds. The summed E-state index contributed by atoms with van der Waals surface area (Å²) in [6, 6.07) is 0. The molecule has 31 heavy (non-hydrogen) atoms. The maximum Gasteiger partial charge on any atom is 0.309 e. The van der Waals surface area contributed by atoms with Crippen LogP contribution in [0, 0.1) is 47.3 Å². The summed E-state index contributed by atoms with van der Waals surface area (Å²) in [4.78, 5) is 25.7. The van der Waals surface area contributed by atoms with Gasteiger partial charge in [0.2, 0.25) is 0 Å². The molecule has 0 spiro atoms. The minimum atomic E-state index is -0.882. The average molecular weight is 435 g/mol. The van der Waals surface area contributed by atoms with Gasteiger partial charge in [-0.25, -0.2) is 0 Å². The van der Waals surface area contributed by atoms with Crippen LogP contribution in [0.15, 0.2) is 10.2 Å². The maximum atomic E-state index is 12.9. The molecule has 0 bridgehead atoms. The zero-order valence-electron chi connectivity index (χ0n) is 20.3. The molecule has 176 valence electrons. The van der Waals surface area contributed by atoms with E-state index in [1.807, 2.05) is 0 Å². The lowest BCUT2D eigenvalue weighted by Crippen LogP contribution is -2.38. The highest BCUT2D eigenvalue weighted by molar-refractivity contribution is 5.74. The van der Waals surface area contributed by atoms with Crippen molar-refractivity contribution in [2.75, 3.05) is 13.2 Å². The van der Waals surface area contributed by atoms with Crippen LogP contribution in [0.4, 0.5) is 0 Å². The Hall–Kier alpha value is -1.46. The molecule has 3 aliphatic rings. The predicted molar refractivity (Wildman–Crippen MR) is 119 cm³/mol. The largest absolute Gasteiger partial charge is 0.460 e. The number of carbonyl (C=O) groups excluding carboxylic acids is 2. The standard InChI is InChI=1S/C25H42N2O4/c1-15(2)19-9-7-17(5)11-21(19)23(28)30-13-25(26-27-25)14-31-24(29)22-12-18(6)8-10-20(22)16(3)4/h15-22H,7-14H2,1-6H3. The molecule has 3 rings (SSSR count). The SMILES string of the molecule is CC1CCC(C(C)C)C(C(=O)OCC2(COC(=O)C3CC(C)CCC3C(C)C)N=N2)C1. The molecule has 0 saturated heterocycles. The van der Waals surface area contributed by atoms with Crippen molar-refractivity contribution in [1.82, 2.24) is 0 Å². The summed E-state index contributed by atoms with van der Waals surface area (Å²) in [7, 11) is 0. The summed E-state index contributed by atoms with van der Waals surface area (Å²) in [5.41, 5.74) is -0.882. The third-order valence-electron chi connectivity index (χ3n) is 7.92. The van der Waals surface area contributed by atoms with Gasteiger partial charge in [-0.2, -0.15) is 10.2 Å². The van der Waals surface area contributed by atoms with Gasteiger partial charge in [0.05, 0.1) is 11.8 Å². The van der Waals surface area contributed by atoms with Crippen LogP contribution in [0.25, 0.3) is 0 Å². The van der Waals surface area contributed by atoms with E-state index >= 15 is 0 Å². The fourth-order valence-corrected chi connectivity index (χ4v) is 5.76. The van der Waals surface area contributed by atoms with E-state index in [4.69, 9.17) is 9.47 Å². The first-order valence-corrected chi connectivity index (χ1v) is 12.4. The highest BCUT2D eigenvalue weighted by Gasteiger charge is 2.46. The third kappa shape index (κ3) is 6.07. The van der Waals surface area contributed by atoms with E-state index in [2.05, 4.69) is 51.8 Å². The summed E-state index contributed by atoms with van der Waals surface area (Å²) < 4.78 is 11.3. The van der Waals surface area contributed by atoms with Crippen molar-refractivity contribution >= 4 is 11.9 Å². The summed E-state index contributed by atoms with van der Waals surface area (Å²) in [5, 5.41) is 8.15. The number of hydrogen-bond donors (Lipinski definition) is 0. The molecule has 2 fully saturated rings. The van der Waals surface area contributed by atoms with Crippen molar-refractivity contribution in [2.24, 2.45) is 57.6 Å². The zero-order valence-corrected chi connectivity index (χ0v) is 20.3. The number of carbonyl (C=O) groups is 2. The second kappa shape index (κ2) is 9.99. The Morgan fingerprint density at radius 3 is 1.48 bits per heavy atom. The summed E-state index contributed by atoms with van der Waals surface area (Å²) in [5.74, 6) is 2.34. The van der Waals surface area contributed by atoms with Crippen LogP contribution in [0.1, 0.15) is 80.1 Å². The second-order valence-electron chi connectivity index (χ2n) is 11.3. The molecule has 0 N–H and O–H groups in total. The van der Waals surface area contributed by atoms with Gasteiger partial charge in [-0.1, -0.05) is 54.4 Å². The summed E-state index contributed by atoms with van der Waals surface area (Å²) >= 11 is 0. The van der Waals surface area contributed by atoms with E-state index in [1.54, 1.807) is 0 Å². The smallest absolute Gasteiger partial charge is 0.309 e. The van der Waals surface area contributed by atoms with Gasteiger partial charge in [-0.05, 0) is 61.2 Å². The molecule has 1 aliphatic heterocycles. The molecular formula is C25H42N2O4. The Morgan fingerprint density at radius 1 is 0.774 bits per heavy atom. The molecule has 0 aromatic heterocycles. The van der Waals surface area contributed by atoms with E-state index in [-0.39, 0.29) is 37.0 Å². The Morgan fingerprint density at radius 2 is 1.16 bits per heavy atom. The van der Waals surface area contributed by atoms with E-state index in [9.17, 15) is 9.59 Å². The Balaban J connectivity index is 1.50. The third-order valence-corrected chi connectivity index (χ3v) is 7.92. The Kier molecular flexibility index (Phi) is 7.80. The van der Waals surface area contributed by atoms with Gasteiger partial charge in [0.25, 0.3) is 5.66 Å². The van der Waals surface area contributed by atoms with Gasteiger partial charge in [0.1, 0.15) is 13.2 Å². The molecule has 6 atom stereocenters. The quantitative estimate of drug-likeness (QED) is 0.462. The molecule has 6 nitrogen and oxygen atoms in total.